The lowest BCUT2D eigenvalue weighted by atomic mass is 9.96. The van der Waals surface area contributed by atoms with Crippen molar-refractivity contribution in [2.24, 2.45) is 0 Å². The number of fused-ring (bicyclic) bond motifs is 1. The van der Waals surface area contributed by atoms with Crippen molar-refractivity contribution < 1.29 is 22.7 Å². The van der Waals surface area contributed by atoms with Gasteiger partial charge in [0.05, 0.1) is 18.0 Å². The Labute approximate surface area is 308 Å². The molecule has 4 aromatic rings. The topological polar surface area (TPSA) is 108 Å². The summed E-state index contributed by atoms with van der Waals surface area (Å²) in [6.07, 6.45) is 6.84. The molecule has 0 aliphatic carbocycles. The second kappa shape index (κ2) is 17.1. The van der Waals surface area contributed by atoms with Crippen LogP contribution in [0.1, 0.15) is 81.5 Å². The molecule has 2 fully saturated rings. The van der Waals surface area contributed by atoms with Crippen molar-refractivity contribution in [1.29, 1.82) is 0 Å². The molecule has 2 heterocycles. The number of benzene rings is 4. The van der Waals surface area contributed by atoms with Gasteiger partial charge >= 0.3 is 0 Å². The Hall–Kier alpha value is -4.25. The van der Waals surface area contributed by atoms with Crippen molar-refractivity contribution in [3.63, 3.8) is 0 Å². The van der Waals surface area contributed by atoms with Crippen molar-refractivity contribution in [2.75, 3.05) is 20.2 Å². The summed E-state index contributed by atoms with van der Waals surface area (Å²) in [4.78, 5) is 32.3. The van der Waals surface area contributed by atoms with E-state index in [2.05, 4.69) is 53.1 Å². The van der Waals surface area contributed by atoms with E-state index >= 15 is 0 Å². The van der Waals surface area contributed by atoms with Gasteiger partial charge in [0, 0.05) is 44.6 Å². The number of methoxy groups -OCH3 is 1. The SMILES string of the molecule is COc1ccc2cc(S(=O)(=O)N[C@@H](CC(=O)N[C@H](Cc3ccc(CN4C(C)CCCC4C)cc3)C(=O)N3CCCCC3)c3ccccc3)ccc2c1. The molecule has 2 amide bonds. The minimum Gasteiger partial charge on any atom is -0.497 e. The summed E-state index contributed by atoms with van der Waals surface area (Å²) in [5.41, 5.74) is 2.85. The lowest BCUT2D eigenvalue weighted by Crippen LogP contribution is -2.51. The molecular formula is C42H52N4O5S. The molecule has 2 N–H and O–H groups in total. The van der Waals surface area contributed by atoms with Gasteiger partial charge in [0.25, 0.3) is 0 Å². The Bertz CT molecular complexity index is 1920. The third-order valence-electron chi connectivity index (χ3n) is 10.7. The molecule has 4 atom stereocenters. The summed E-state index contributed by atoms with van der Waals surface area (Å²) in [6, 6.07) is 27.3. The maximum Gasteiger partial charge on any atom is 0.245 e. The highest BCUT2D eigenvalue weighted by atomic mass is 32.2. The lowest BCUT2D eigenvalue weighted by Gasteiger charge is -2.39. The summed E-state index contributed by atoms with van der Waals surface area (Å²) >= 11 is 0. The van der Waals surface area contributed by atoms with Crippen LogP contribution in [0, 0.1) is 0 Å². The third kappa shape index (κ3) is 9.40. The van der Waals surface area contributed by atoms with Gasteiger partial charge in [0.15, 0.2) is 0 Å². The van der Waals surface area contributed by atoms with E-state index in [1.165, 1.54) is 24.8 Å². The summed E-state index contributed by atoms with van der Waals surface area (Å²) in [7, 11) is -2.45. The highest BCUT2D eigenvalue weighted by molar-refractivity contribution is 7.89. The van der Waals surface area contributed by atoms with E-state index in [0.29, 0.717) is 42.9 Å². The zero-order valence-corrected chi connectivity index (χ0v) is 31.4. The predicted octanol–water partition coefficient (Wildman–Crippen LogP) is 6.76. The first-order chi connectivity index (χ1) is 25.1. The highest BCUT2D eigenvalue weighted by Crippen LogP contribution is 2.27. The Morgan fingerprint density at radius 1 is 0.808 bits per heavy atom. The average molecular weight is 725 g/mol. The van der Waals surface area contributed by atoms with E-state index in [4.69, 9.17) is 4.74 Å². The molecule has 10 heteroatoms. The quantitative estimate of drug-likeness (QED) is 0.158. The van der Waals surface area contributed by atoms with Gasteiger partial charge in [0.1, 0.15) is 11.8 Å². The molecule has 276 valence electrons. The Kier molecular flexibility index (Phi) is 12.3. The van der Waals surface area contributed by atoms with E-state index in [-0.39, 0.29) is 17.2 Å². The Morgan fingerprint density at radius 2 is 1.46 bits per heavy atom. The summed E-state index contributed by atoms with van der Waals surface area (Å²) in [6.45, 7) is 6.83. The molecule has 2 unspecified atom stereocenters. The van der Waals surface area contributed by atoms with Crippen LogP contribution in [-0.2, 0) is 32.6 Å². The maximum absolute atomic E-state index is 13.9. The van der Waals surface area contributed by atoms with Crippen molar-refractivity contribution in [2.45, 2.75) is 101 Å². The summed E-state index contributed by atoms with van der Waals surface area (Å²) in [5, 5.41) is 4.63. The lowest BCUT2D eigenvalue weighted by molar-refractivity contribution is -0.137. The summed E-state index contributed by atoms with van der Waals surface area (Å²) in [5.74, 6) is 0.183. The predicted molar refractivity (Wildman–Crippen MR) is 205 cm³/mol. The van der Waals surface area contributed by atoms with Gasteiger partial charge in [-0.2, -0.15) is 0 Å². The molecule has 0 bridgehead atoms. The monoisotopic (exact) mass is 724 g/mol. The maximum atomic E-state index is 13.9. The van der Waals surface area contributed by atoms with E-state index in [1.807, 2.05) is 35.2 Å². The zero-order valence-electron chi connectivity index (χ0n) is 30.6. The number of likely N-dealkylation sites (tertiary alicyclic amines) is 2. The van der Waals surface area contributed by atoms with Crippen LogP contribution in [-0.4, -0.2) is 68.4 Å². The minimum absolute atomic E-state index is 0.0947. The first-order valence-electron chi connectivity index (χ1n) is 18.7. The number of rotatable bonds is 13. The van der Waals surface area contributed by atoms with Crippen LogP contribution >= 0.6 is 0 Å². The Morgan fingerprint density at radius 3 is 2.15 bits per heavy atom. The second-order valence-corrected chi connectivity index (χ2v) is 16.2. The number of carbonyl (C=O) groups excluding carboxylic acids is 2. The third-order valence-corrected chi connectivity index (χ3v) is 12.2. The van der Waals surface area contributed by atoms with Crippen molar-refractivity contribution in [3.8, 4) is 5.75 Å². The molecule has 0 radical (unpaired) electrons. The molecule has 9 nitrogen and oxygen atoms in total. The zero-order chi connectivity index (χ0) is 36.7. The molecule has 6 rings (SSSR count). The molecular weight excluding hydrogens is 673 g/mol. The van der Waals surface area contributed by atoms with Crippen LogP contribution in [0.15, 0.2) is 95.9 Å². The largest absolute Gasteiger partial charge is 0.497 e. The van der Waals surface area contributed by atoms with Crippen molar-refractivity contribution >= 4 is 32.6 Å². The number of nitrogens with zero attached hydrogens (tertiary/aromatic N) is 2. The smallest absolute Gasteiger partial charge is 0.245 e. The number of sulfonamides is 1. The van der Waals surface area contributed by atoms with Gasteiger partial charge in [-0.05, 0) is 97.7 Å². The molecule has 2 saturated heterocycles. The standard InChI is InChI=1S/C42H52N4O5S/c1-30-11-10-12-31(2)46(30)29-33-17-15-32(16-18-33)25-40(42(48)45-23-8-5-9-24-45)43-41(47)28-39(34-13-6-4-7-14-34)44-52(49,50)38-22-20-35-26-37(51-3)21-19-36(35)27-38/h4,6-7,13-22,26-27,30-31,39-40,44H,5,8-12,23-25,28-29H2,1-3H3,(H,43,47)/t30?,31?,39-,40+/m0/s1. The normalized spacial score (nSPS) is 19.6. The van der Waals surface area contributed by atoms with Crippen LogP contribution in [0.2, 0.25) is 0 Å². The van der Waals surface area contributed by atoms with Crippen LogP contribution in [0.3, 0.4) is 0 Å². The van der Waals surface area contributed by atoms with Crippen LogP contribution < -0.4 is 14.8 Å². The number of amides is 2. The first kappa shape index (κ1) is 37.5. The van der Waals surface area contributed by atoms with Crippen LogP contribution in [0.25, 0.3) is 10.8 Å². The summed E-state index contributed by atoms with van der Waals surface area (Å²) < 4.78 is 35.7. The van der Waals surface area contributed by atoms with Crippen molar-refractivity contribution in [1.82, 2.24) is 19.8 Å². The van der Waals surface area contributed by atoms with Gasteiger partial charge in [-0.1, -0.05) is 73.2 Å². The average Bonchev–Trinajstić information content (AvgIpc) is 3.16. The fourth-order valence-electron chi connectivity index (χ4n) is 7.65. The first-order valence-corrected chi connectivity index (χ1v) is 20.1. The fraction of sp³-hybridized carbons (Fsp3) is 0.429. The number of ether oxygens (including phenoxy) is 1. The van der Waals surface area contributed by atoms with Crippen molar-refractivity contribution in [3.05, 3.63) is 108 Å². The number of piperidine rings is 2. The van der Waals surface area contributed by atoms with E-state index in [1.54, 1.807) is 43.5 Å². The van der Waals surface area contributed by atoms with Gasteiger partial charge < -0.3 is 15.0 Å². The van der Waals surface area contributed by atoms with E-state index < -0.39 is 28.0 Å². The second-order valence-electron chi connectivity index (χ2n) is 14.5. The van der Waals surface area contributed by atoms with Crippen LogP contribution in [0.4, 0.5) is 0 Å². The molecule has 0 aromatic heterocycles. The fourth-order valence-corrected chi connectivity index (χ4v) is 8.91. The molecule has 52 heavy (non-hydrogen) atoms. The van der Waals surface area contributed by atoms with Gasteiger partial charge in [-0.3, -0.25) is 14.5 Å². The number of hydrogen-bond donors (Lipinski definition) is 2. The van der Waals surface area contributed by atoms with Gasteiger partial charge in [0.2, 0.25) is 21.8 Å². The molecule has 2 aliphatic rings. The molecule has 2 aliphatic heterocycles. The van der Waals surface area contributed by atoms with Gasteiger partial charge in [-0.15, -0.1) is 0 Å². The van der Waals surface area contributed by atoms with Crippen LogP contribution in [0.5, 0.6) is 5.75 Å². The van der Waals surface area contributed by atoms with Gasteiger partial charge in [-0.25, -0.2) is 13.1 Å². The number of hydrogen-bond acceptors (Lipinski definition) is 6. The molecule has 4 aromatic carbocycles. The Balaban J connectivity index is 1.19. The molecule has 0 spiro atoms. The number of nitrogens with one attached hydrogen (secondary N) is 2. The minimum atomic E-state index is -4.03. The molecule has 0 saturated carbocycles. The highest BCUT2D eigenvalue weighted by Gasteiger charge is 2.30. The van der Waals surface area contributed by atoms with E-state index in [9.17, 15) is 18.0 Å². The van der Waals surface area contributed by atoms with E-state index in [0.717, 1.165) is 42.1 Å². The number of carbonyl (C=O) groups is 2.